The molecular formula is C8H12O. The summed E-state index contributed by atoms with van der Waals surface area (Å²) in [5, 5.41) is 9.02. The van der Waals surface area contributed by atoms with Crippen molar-refractivity contribution in [3.63, 3.8) is 0 Å². The molecule has 1 heteroatoms. The molecular weight excluding hydrogens is 112 g/mol. The number of aliphatic hydroxyl groups is 1. The lowest BCUT2D eigenvalue weighted by Crippen LogP contribution is -2.01. The van der Waals surface area contributed by atoms with Crippen molar-refractivity contribution < 1.29 is 5.11 Å². The largest absolute Gasteiger partial charge is 0.389 e. The van der Waals surface area contributed by atoms with Gasteiger partial charge in [0.2, 0.25) is 0 Å². The molecule has 50 valence electrons. The fourth-order valence-electron chi connectivity index (χ4n) is 1.05. The Hall–Kier alpha value is -0.560. The summed E-state index contributed by atoms with van der Waals surface area (Å²) in [6, 6.07) is 0. The first kappa shape index (κ1) is 6.56. The van der Waals surface area contributed by atoms with Crippen molar-refractivity contribution in [2.24, 2.45) is 5.92 Å². The zero-order valence-corrected chi connectivity index (χ0v) is 5.67. The first-order valence-corrected chi connectivity index (χ1v) is 3.22. The Balaban J connectivity index is 2.50. The second-order valence-corrected chi connectivity index (χ2v) is 2.64. The van der Waals surface area contributed by atoms with Gasteiger partial charge in [-0.25, -0.2) is 0 Å². The van der Waals surface area contributed by atoms with Crippen LogP contribution in [0.1, 0.15) is 13.3 Å². The predicted octanol–water partition coefficient (Wildman–Crippen LogP) is 1.50. The number of hydrogen-bond donors (Lipinski definition) is 1. The lowest BCUT2D eigenvalue weighted by Gasteiger charge is -2.05. The zero-order valence-electron chi connectivity index (χ0n) is 5.67. The van der Waals surface area contributed by atoms with Gasteiger partial charge in [0.15, 0.2) is 0 Å². The molecule has 1 aliphatic carbocycles. The average Bonchev–Trinajstić information content (AvgIpc) is 2.14. The summed E-state index contributed by atoms with van der Waals surface area (Å²) in [7, 11) is 0. The van der Waals surface area contributed by atoms with Gasteiger partial charge in [0.1, 0.15) is 0 Å². The van der Waals surface area contributed by atoms with Crippen LogP contribution < -0.4 is 0 Å². The fourth-order valence-corrected chi connectivity index (χ4v) is 1.05. The van der Waals surface area contributed by atoms with Gasteiger partial charge in [-0.3, -0.25) is 0 Å². The van der Waals surface area contributed by atoms with E-state index in [9.17, 15) is 0 Å². The molecule has 0 bridgehead atoms. The van der Waals surface area contributed by atoms with Gasteiger partial charge in [0.25, 0.3) is 0 Å². The molecule has 0 aromatic heterocycles. The van der Waals surface area contributed by atoms with E-state index in [1.165, 1.54) is 0 Å². The number of hydrogen-bond acceptors (Lipinski definition) is 1. The molecule has 0 saturated heterocycles. The Kier molecular flexibility index (Phi) is 1.72. The molecule has 2 atom stereocenters. The molecule has 0 aromatic carbocycles. The minimum Gasteiger partial charge on any atom is -0.389 e. The summed E-state index contributed by atoms with van der Waals surface area (Å²) in [6.07, 6.45) is 4.45. The molecule has 0 saturated carbocycles. The minimum atomic E-state index is -0.230. The van der Waals surface area contributed by atoms with E-state index in [1.54, 1.807) is 0 Å². The fraction of sp³-hybridized carbons (Fsp3) is 0.500. The molecule has 0 spiro atoms. The maximum atomic E-state index is 9.02. The van der Waals surface area contributed by atoms with Crippen LogP contribution in [-0.4, -0.2) is 11.2 Å². The van der Waals surface area contributed by atoms with Gasteiger partial charge in [0.05, 0.1) is 6.10 Å². The zero-order chi connectivity index (χ0) is 6.85. The molecule has 0 heterocycles. The number of aliphatic hydroxyl groups excluding tert-OH is 1. The summed E-state index contributed by atoms with van der Waals surface area (Å²) in [5.74, 6) is 0.417. The van der Waals surface area contributed by atoms with Crippen molar-refractivity contribution in [1.29, 1.82) is 0 Å². The molecule has 0 aromatic rings. The highest BCUT2D eigenvalue weighted by atomic mass is 16.3. The van der Waals surface area contributed by atoms with Crippen LogP contribution in [0.15, 0.2) is 24.3 Å². The highest BCUT2D eigenvalue weighted by Crippen LogP contribution is 2.23. The van der Waals surface area contributed by atoms with Gasteiger partial charge >= 0.3 is 0 Å². The van der Waals surface area contributed by atoms with E-state index in [4.69, 9.17) is 5.11 Å². The average molecular weight is 124 g/mol. The molecule has 1 nitrogen and oxygen atoms in total. The summed E-state index contributed by atoms with van der Waals surface area (Å²) < 4.78 is 0. The number of rotatable bonds is 1. The second-order valence-electron chi connectivity index (χ2n) is 2.64. The van der Waals surface area contributed by atoms with Gasteiger partial charge in [-0.2, -0.15) is 0 Å². The van der Waals surface area contributed by atoms with Gasteiger partial charge in [-0.1, -0.05) is 24.3 Å². The van der Waals surface area contributed by atoms with E-state index in [2.05, 4.69) is 6.58 Å². The molecule has 0 fully saturated rings. The molecule has 0 radical (unpaired) electrons. The van der Waals surface area contributed by atoms with Crippen LogP contribution in [0.4, 0.5) is 0 Å². The van der Waals surface area contributed by atoms with Crippen LogP contribution in [-0.2, 0) is 0 Å². The van der Waals surface area contributed by atoms with Crippen LogP contribution in [0.3, 0.4) is 0 Å². The van der Waals surface area contributed by atoms with Crippen LogP contribution in [0.25, 0.3) is 0 Å². The summed E-state index contributed by atoms with van der Waals surface area (Å²) >= 11 is 0. The number of allylic oxidation sites excluding steroid dienone is 2. The van der Waals surface area contributed by atoms with Crippen molar-refractivity contribution in [3.8, 4) is 0 Å². The molecule has 9 heavy (non-hydrogen) atoms. The predicted molar refractivity (Wildman–Crippen MR) is 38.1 cm³/mol. The molecule has 0 aliphatic heterocycles. The minimum absolute atomic E-state index is 0.230. The Morgan fingerprint density at radius 3 is 2.56 bits per heavy atom. The topological polar surface area (TPSA) is 20.2 Å². The van der Waals surface area contributed by atoms with Crippen LogP contribution in [0.5, 0.6) is 0 Å². The summed E-state index contributed by atoms with van der Waals surface area (Å²) in [4.78, 5) is 0. The highest BCUT2D eigenvalue weighted by molar-refractivity contribution is 5.14. The van der Waals surface area contributed by atoms with Crippen molar-refractivity contribution >= 4 is 0 Å². The van der Waals surface area contributed by atoms with Crippen molar-refractivity contribution in [1.82, 2.24) is 0 Å². The summed E-state index contributed by atoms with van der Waals surface area (Å²) in [5.41, 5.74) is 1.14. The van der Waals surface area contributed by atoms with Gasteiger partial charge in [-0.15, -0.1) is 0 Å². The van der Waals surface area contributed by atoms with E-state index in [1.807, 2.05) is 19.1 Å². The molecule has 0 unspecified atom stereocenters. The van der Waals surface area contributed by atoms with Gasteiger partial charge in [0, 0.05) is 0 Å². The Morgan fingerprint density at radius 1 is 1.67 bits per heavy atom. The third-order valence-corrected chi connectivity index (χ3v) is 1.69. The summed E-state index contributed by atoms with van der Waals surface area (Å²) in [6.45, 7) is 5.80. The van der Waals surface area contributed by atoms with E-state index >= 15 is 0 Å². The Bertz CT molecular complexity index is 147. The smallest absolute Gasteiger partial charge is 0.0729 e. The SMILES string of the molecule is C=C(C)[C@@H]1C=C[C@@H](O)C1. The van der Waals surface area contributed by atoms with E-state index in [0.29, 0.717) is 5.92 Å². The van der Waals surface area contributed by atoms with Gasteiger partial charge in [-0.05, 0) is 19.3 Å². The van der Waals surface area contributed by atoms with Crippen LogP contribution in [0.2, 0.25) is 0 Å². The first-order valence-electron chi connectivity index (χ1n) is 3.22. The molecule has 1 rings (SSSR count). The van der Waals surface area contributed by atoms with Crippen LogP contribution in [0, 0.1) is 5.92 Å². The highest BCUT2D eigenvalue weighted by Gasteiger charge is 2.15. The second kappa shape index (κ2) is 2.36. The first-order chi connectivity index (χ1) is 4.20. The molecule has 1 N–H and O–H groups in total. The normalized spacial score (nSPS) is 33.1. The van der Waals surface area contributed by atoms with E-state index < -0.39 is 0 Å². The van der Waals surface area contributed by atoms with Crippen molar-refractivity contribution in [3.05, 3.63) is 24.3 Å². The lowest BCUT2D eigenvalue weighted by atomic mass is 10.0. The van der Waals surface area contributed by atoms with Crippen molar-refractivity contribution in [2.75, 3.05) is 0 Å². The standard InChI is InChI=1S/C8H12O/c1-6(2)7-3-4-8(9)5-7/h3-4,7-9H,1,5H2,2H3/t7-,8-/m1/s1. The molecule has 0 amide bonds. The van der Waals surface area contributed by atoms with Gasteiger partial charge < -0.3 is 5.11 Å². The maximum Gasteiger partial charge on any atom is 0.0729 e. The maximum absolute atomic E-state index is 9.02. The Labute approximate surface area is 55.7 Å². The monoisotopic (exact) mass is 124 g/mol. The third-order valence-electron chi connectivity index (χ3n) is 1.69. The van der Waals surface area contributed by atoms with Crippen molar-refractivity contribution in [2.45, 2.75) is 19.4 Å². The lowest BCUT2D eigenvalue weighted by molar-refractivity contribution is 0.214. The Morgan fingerprint density at radius 2 is 2.33 bits per heavy atom. The van der Waals surface area contributed by atoms with E-state index in [0.717, 1.165) is 12.0 Å². The third kappa shape index (κ3) is 1.42. The van der Waals surface area contributed by atoms with E-state index in [-0.39, 0.29) is 6.10 Å². The van der Waals surface area contributed by atoms with Crippen LogP contribution >= 0.6 is 0 Å². The quantitative estimate of drug-likeness (QED) is 0.525. The molecule has 1 aliphatic rings.